The van der Waals surface area contributed by atoms with E-state index in [1.54, 1.807) is 30.3 Å². The lowest BCUT2D eigenvalue weighted by molar-refractivity contribution is -0.113. The van der Waals surface area contributed by atoms with Crippen LogP contribution in [0.5, 0.6) is 11.5 Å². The minimum absolute atomic E-state index is 0.235. The van der Waals surface area contributed by atoms with Gasteiger partial charge in [-0.15, -0.1) is 0 Å². The molecule has 0 aliphatic heterocycles. The van der Waals surface area contributed by atoms with Crippen molar-refractivity contribution in [3.05, 3.63) is 60.2 Å². The Hall–Kier alpha value is -3.26. The third kappa shape index (κ3) is 3.39. The van der Waals surface area contributed by atoms with Crippen LogP contribution in [0.25, 0.3) is 6.08 Å². The Balaban J connectivity index is 2.18. The summed E-state index contributed by atoms with van der Waals surface area (Å²) in [6.07, 6.45) is 4.50. The fourth-order valence-electron chi connectivity index (χ4n) is 1.70. The van der Waals surface area contributed by atoms with Crippen molar-refractivity contribution in [2.75, 3.05) is 4.90 Å². The van der Waals surface area contributed by atoms with Gasteiger partial charge in [-0.1, -0.05) is 24.3 Å². The van der Waals surface area contributed by atoms with Gasteiger partial charge in [0.1, 0.15) is 0 Å². The molecule has 0 aliphatic carbocycles. The van der Waals surface area contributed by atoms with Gasteiger partial charge in [0.05, 0.1) is 5.69 Å². The number of phenolic OH excluding ortho intramolecular Hbond substituents is 2. The summed E-state index contributed by atoms with van der Waals surface area (Å²) in [6.45, 7) is 0. The first-order valence-electron chi connectivity index (χ1n) is 6.11. The van der Waals surface area contributed by atoms with Crippen LogP contribution in [0, 0.1) is 11.5 Å². The molecule has 1 amide bonds. The number of rotatable bonds is 3. The third-order valence-corrected chi connectivity index (χ3v) is 2.75. The summed E-state index contributed by atoms with van der Waals surface area (Å²) >= 11 is 0. The summed E-state index contributed by atoms with van der Waals surface area (Å²) in [5.41, 5.74) is 1.01. The molecule has 0 saturated carbocycles. The van der Waals surface area contributed by atoms with Gasteiger partial charge in [0.15, 0.2) is 17.7 Å². The van der Waals surface area contributed by atoms with E-state index < -0.39 is 5.91 Å². The minimum Gasteiger partial charge on any atom is -0.504 e. The van der Waals surface area contributed by atoms with E-state index in [-0.39, 0.29) is 11.5 Å². The summed E-state index contributed by atoms with van der Waals surface area (Å²) in [5.74, 6) is -1.01. The average molecular weight is 280 g/mol. The van der Waals surface area contributed by atoms with Crippen molar-refractivity contribution in [1.82, 2.24) is 0 Å². The van der Waals surface area contributed by atoms with Crippen molar-refractivity contribution in [2.45, 2.75) is 0 Å². The van der Waals surface area contributed by atoms with E-state index in [0.29, 0.717) is 11.3 Å². The van der Waals surface area contributed by atoms with E-state index in [4.69, 9.17) is 5.26 Å². The van der Waals surface area contributed by atoms with E-state index >= 15 is 0 Å². The molecule has 5 nitrogen and oxygen atoms in total. The normalized spacial score (nSPS) is 10.2. The molecule has 0 bridgehead atoms. The van der Waals surface area contributed by atoms with Crippen LogP contribution in [0.15, 0.2) is 54.6 Å². The summed E-state index contributed by atoms with van der Waals surface area (Å²) in [5, 5.41) is 27.6. The number of para-hydroxylation sites is 1. The Labute approximate surface area is 121 Å². The Morgan fingerprint density at radius 3 is 2.43 bits per heavy atom. The molecule has 0 saturated heterocycles. The molecule has 2 aromatic rings. The third-order valence-electron chi connectivity index (χ3n) is 2.75. The fraction of sp³-hybridized carbons (Fsp3) is 0. The van der Waals surface area contributed by atoms with Gasteiger partial charge in [-0.25, -0.2) is 4.90 Å². The van der Waals surface area contributed by atoms with Gasteiger partial charge in [0, 0.05) is 6.08 Å². The van der Waals surface area contributed by atoms with Gasteiger partial charge in [0.25, 0.3) is 5.91 Å². The summed E-state index contributed by atoms with van der Waals surface area (Å²) in [6, 6.07) is 12.7. The Bertz CT molecular complexity index is 718. The van der Waals surface area contributed by atoms with Crippen molar-refractivity contribution in [3.8, 4) is 17.7 Å². The molecule has 5 heteroatoms. The maximum absolute atomic E-state index is 12.0. The van der Waals surface area contributed by atoms with Crippen molar-refractivity contribution >= 4 is 17.7 Å². The highest BCUT2D eigenvalue weighted by molar-refractivity contribution is 6.05. The van der Waals surface area contributed by atoms with E-state index in [9.17, 15) is 15.0 Å². The molecule has 2 N–H and O–H groups in total. The van der Waals surface area contributed by atoms with Crippen LogP contribution in [-0.2, 0) is 4.79 Å². The van der Waals surface area contributed by atoms with E-state index in [0.717, 1.165) is 4.90 Å². The van der Waals surface area contributed by atoms with Crippen LogP contribution in [-0.4, -0.2) is 16.1 Å². The van der Waals surface area contributed by atoms with Crippen molar-refractivity contribution < 1.29 is 15.0 Å². The number of benzene rings is 2. The maximum atomic E-state index is 12.0. The highest BCUT2D eigenvalue weighted by Gasteiger charge is 2.11. The number of aromatic hydroxyl groups is 2. The number of phenols is 2. The second-order valence-electron chi connectivity index (χ2n) is 4.19. The number of nitrogens with zero attached hydrogens (tertiary/aromatic N) is 2. The lowest BCUT2D eigenvalue weighted by Gasteiger charge is -2.10. The quantitative estimate of drug-likeness (QED) is 0.392. The van der Waals surface area contributed by atoms with Gasteiger partial charge in [-0.3, -0.25) is 4.79 Å². The summed E-state index contributed by atoms with van der Waals surface area (Å²) in [7, 11) is 0. The second kappa shape index (κ2) is 6.26. The zero-order valence-electron chi connectivity index (χ0n) is 11.0. The van der Waals surface area contributed by atoms with Gasteiger partial charge in [0.2, 0.25) is 0 Å². The first-order valence-corrected chi connectivity index (χ1v) is 6.11. The number of hydrogen-bond acceptors (Lipinski definition) is 4. The summed E-state index contributed by atoms with van der Waals surface area (Å²) < 4.78 is 0. The second-order valence-corrected chi connectivity index (χ2v) is 4.19. The molecule has 0 aromatic heterocycles. The zero-order valence-corrected chi connectivity index (χ0v) is 11.0. The SMILES string of the molecule is N#CN(C(=O)/C=C/c1ccc(O)c(O)c1)c1ccccc1. The van der Waals surface area contributed by atoms with Crippen LogP contribution in [0.3, 0.4) is 0 Å². The monoisotopic (exact) mass is 280 g/mol. The van der Waals surface area contributed by atoms with Gasteiger partial charge in [-0.05, 0) is 35.9 Å². The van der Waals surface area contributed by atoms with Gasteiger partial charge >= 0.3 is 0 Å². The van der Waals surface area contributed by atoms with Crippen LogP contribution in [0.4, 0.5) is 5.69 Å². The predicted molar refractivity (Wildman–Crippen MR) is 78.3 cm³/mol. The van der Waals surface area contributed by atoms with Crippen LogP contribution in [0.2, 0.25) is 0 Å². The zero-order chi connectivity index (χ0) is 15.2. The number of carbonyl (C=O) groups excluding carboxylic acids is 1. The standard InChI is InChI=1S/C16H12N2O3/c17-11-18(13-4-2-1-3-5-13)16(21)9-7-12-6-8-14(19)15(20)10-12/h1-10,19-20H/b9-7+. The molecule has 0 fully saturated rings. The lowest BCUT2D eigenvalue weighted by Crippen LogP contribution is -2.23. The molecule has 2 rings (SSSR count). The Morgan fingerprint density at radius 2 is 1.81 bits per heavy atom. The van der Waals surface area contributed by atoms with E-state index in [1.807, 2.05) is 6.19 Å². The molecule has 0 heterocycles. The van der Waals surface area contributed by atoms with Crippen molar-refractivity contribution in [3.63, 3.8) is 0 Å². The fourth-order valence-corrected chi connectivity index (χ4v) is 1.70. The number of anilines is 1. The highest BCUT2D eigenvalue weighted by atomic mass is 16.3. The molecule has 0 spiro atoms. The van der Waals surface area contributed by atoms with Gasteiger partial charge < -0.3 is 10.2 Å². The Morgan fingerprint density at radius 1 is 1.10 bits per heavy atom. The molecule has 0 unspecified atom stereocenters. The van der Waals surface area contributed by atoms with E-state index in [1.165, 1.54) is 30.4 Å². The maximum Gasteiger partial charge on any atom is 0.264 e. The number of hydrogen-bond donors (Lipinski definition) is 2. The summed E-state index contributed by atoms with van der Waals surface area (Å²) in [4.78, 5) is 13.0. The molecule has 104 valence electrons. The molecule has 0 atom stereocenters. The number of carbonyl (C=O) groups is 1. The topological polar surface area (TPSA) is 84.6 Å². The molecule has 0 radical (unpaired) electrons. The van der Waals surface area contributed by atoms with Crippen molar-refractivity contribution in [2.24, 2.45) is 0 Å². The Kier molecular flexibility index (Phi) is 4.22. The van der Waals surface area contributed by atoms with Crippen LogP contribution < -0.4 is 4.90 Å². The lowest BCUT2D eigenvalue weighted by atomic mass is 10.2. The van der Waals surface area contributed by atoms with Crippen LogP contribution >= 0.6 is 0 Å². The highest BCUT2D eigenvalue weighted by Crippen LogP contribution is 2.25. The average Bonchev–Trinajstić information content (AvgIpc) is 2.50. The van der Waals surface area contributed by atoms with Crippen molar-refractivity contribution in [1.29, 1.82) is 5.26 Å². The number of nitriles is 1. The number of amides is 1. The molecule has 2 aromatic carbocycles. The molecular weight excluding hydrogens is 268 g/mol. The molecule has 0 aliphatic rings. The predicted octanol–water partition coefficient (Wildman–Crippen LogP) is 2.63. The first-order chi connectivity index (χ1) is 10.1. The van der Waals surface area contributed by atoms with E-state index in [2.05, 4.69) is 0 Å². The van der Waals surface area contributed by atoms with Crippen LogP contribution in [0.1, 0.15) is 5.56 Å². The largest absolute Gasteiger partial charge is 0.504 e. The molecular formula is C16H12N2O3. The smallest absolute Gasteiger partial charge is 0.264 e. The van der Waals surface area contributed by atoms with Gasteiger partial charge in [-0.2, -0.15) is 5.26 Å². The first kappa shape index (κ1) is 14.2. The minimum atomic E-state index is -0.503. The molecule has 21 heavy (non-hydrogen) atoms.